The highest BCUT2D eigenvalue weighted by atomic mass is 19.4. The molecule has 5 nitrogen and oxygen atoms in total. The zero-order chi connectivity index (χ0) is 17.6. The molecule has 2 heterocycles. The summed E-state index contributed by atoms with van der Waals surface area (Å²) >= 11 is 0. The number of halogens is 3. The lowest BCUT2D eigenvalue weighted by molar-refractivity contribution is -0.140. The molecule has 0 saturated carbocycles. The average Bonchev–Trinajstić information content (AvgIpc) is 2.85. The molecule has 0 aliphatic carbocycles. The van der Waals surface area contributed by atoms with Gasteiger partial charge in [0.2, 0.25) is 0 Å². The number of ether oxygens (including phenoxy) is 1. The minimum atomic E-state index is -4.68. The second-order valence-corrected chi connectivity index (χ2v) is 5.46. The number of aliphatic carboxylic acids is 1. The monoisotopic (exact) mass is 339 g/mol. The quantitative estimate of drug-likeness (QED) is 0.810. The Morgan fingerprint density at radius 3 is 2.62 bits per heavy atom. The van der Waals surface area contributed by atoms with E-state index in [0.29, 0.717) is 5.70 Å². The first-order chi connectivity index (χ1) is 11.2. The lowest BCUT2D eigenvalue weighted by Gasteiger charge is -2.28. The molecular formula is C16H12F3NO4. The number of dihydropyridines is 1. The number of hydrogen-bond acceptors (Lipinski definition) is 4. The number of esters is 1. The van der Waals surface area contributed by atoms with Crippen molar-refractivity contribution < 1.29 is 32.6 Å². The molecule has 8 heteroatoms. The van der Waals surface area contributed by atoms with Crippen molar-refractivity contribution in [1.29, 1.82) is 0 Å². The summed E-state index contributed by atoms with van der Waals surface area (Å²) < 4.78 is 45.0. The van der Waals surface area contributed by atoms with Gasteiger partial charge in [0.15, 0.2) is 0 Å². The Bertz CT molecular complexity index is 806. The Morgan fingerprint density at radius 1 is 1.33 bits per heavy atom. The number of benzene rings is 1. The van der Waals surface area contributed by atoms with Crippen molar-refractivity contribution in [2.75, 3.05) is 6.61 Å². The molecular weight excluding hydrogens is 327 g/mol. The van der Waals surface area contributed by atoms with Gasteiger partial charge in [0, 0.05) is 5.70 Å². The molecule has 24 heavy (non-hydrogen) atoms. The molecule has 1 aromatic rings. The van der Waals surface area contributed by atoms with Crippen molar-refractivity contribution in [3.63, 3.8) is 0 Å². The summed E-state index contributed by atoms with van der Waals surface area (Å²) in [7, 11) is 0. The lowest BCUT2D eigenvalue weighted by atomic mass is 9.79. The van der Waals surface area contributed by atoms with Crippen LogP contribution in [-0.2, 0) is 20.5 Å². The minimum Gasteiger partial charge on any atom is -0.478 e. The van der Waals surface area contributed by atoms with Gasteiger partial charge in [-0.3, -0.25) is 0 Å². The lowest BCUT2D eigenvalue weighted by Crippen LogP contribution is -2.30. The fourth-order valence-corrected chi connectivity index (χ4v) is 3.07. The summed E-state index contributed by atoms with van der Waals surface area (Å²) in [5.74, 6) is -3.55. The summed E-state index contributed by atoms with van der Waals surface area (Å²) in [6.07, 6.45) is -4.68. The summed E-state index contributed by atoms with van der Waals surface area (Å²) in [6.45, 7) is 1.32. The number of allylic oxidation sites excluding steroid dienone is 1. The van der Waals surface area contributed by atoms with E-state index in [1.807, 2.05) is 0 Å². The fraction of sp³-hybridized carbons (Fsp3) is 0.250. The van der Waals surface area contributed by atoms with Crippen LogP contribution in [0.5, 0.6) is 0 Å². The van der Waals surface area contributed by atoms with Crippen molar-refractivity contribution in [3.05, 3.63) is 57.9 Å². The highest BCUT2D eigenvalue weighted by molar-refractivity contribution is 6.00. The van der Waals surface area contributed by atoms with Gasteiger partial charge in [-0.25, -0.2) is 9.59 Å². The smallest absolute Gasteiger partial charge is 0.416 e. The van der Waals surface area contributed by atoms with Crippen molar-refractivity contribution in [1.82, 2.24) is 5.32 Å². The van der Waals surface area contributed by atoms with E-state index >= 15 is 0 Å². The molecule has 0 amide bonds. The van der Waals surface area contributed by atoms with E-state index < -0.39 is 29.6 Å². The third-order valence-corrected chi connectivity index (χ3v) is 4.02. The van der Waals surface area contributed by atoms with Gasteiger partial charge in [-0.05, 0) is 18.6 Å². The molecule has 1 atom stereocenters. The third kappa shape index (κ3) is 2.44. The first-order valence-electron chi connectivity index (χ1n) is 6.99. The molecule has 0 aromatic heterocycles. The van der Waals surface area contributed by atoms with Crippen LogP contribution >= 0.6 is 0 Å². The van der Waals surface area contributed by atoms with Crippen molar-refractivity contribution in [3.8, 4) is 0 Å². The molecule has 1 aromatic carbocycles. The number of cyclic esters (lactones) is 1. The van der Waals surface area contributed by atoms with Crippen LogP contribution in [0, 0.1) is 0 Å². The van der Waals surface area contributed by atoms with Crippen LogP contribution in [0.4, 0.5) is 13.2 Å². The normalized spacial score (nSPS) is 20.7. The maximum absolute atomic E-state index is 13.4. The average molecular weight is 339 g/mol. The van der Waals surface area contributed by atoms with Crippen LogP contribution in [-0.4, -0.2) is 23.7 Å². The standard InChI is InChI=1S/C16H12F3NO4/c1-7-11(14(21)22)12(13-10(20-7)6-24-15(13)23)8-4-2-3-5-9(8)16(17,18)19/h2-5,12,20H,6H2,1H3,(H,21,22). The molecule has 0 fully saturated rings. The number of carbonyl (C=O) groups is 2. The molecule has 2 N–H and O–H groups in total. The number of carboxylic acids is 1. The minimum absolute atomic E-state index is 0.0882. The highest BCUT2D eigenvalue weighted by Gasteiger charge is 2.45. The van der Waals surface area contributed by atoms with Crippen molar-refractivity contribution in [2.24, 2.45) is 0 Å². The van der Waals surface area contributed by atoms with Gasteiger partial charge < -0.3 is 15.2 Å². The van der Waals surface area contributed by atoms with Gasteiger partial charge in [-0.2, -0.15) is 13.2 Å². The summed E-state index contributed by atoms with van der Waals surface area (Å²) in [6, 6.07) is 4.65. The number of rotatable bonds is 2. The largest absolute Gasteiger partial charge is 0.478 e. The zero-order valence-electron chi connectivity index (χ0n) is 12.4. The van der Waals surface area contributed by atoms with Crippen LogP contribution in [0.1, 0.15) is 24.0 Å². The van der Waals surface area contributed by atoms with E-state index in [1.54, 1.807) is 0 Å². The van der Waals surface area contributed by atoms with Gasteiger partial charge in [-0.1, -0.05) is 18.2 Å². The van der Waals surface area contributed by atoms with Gasteiger partial charge in [-0.15, -0.1) is 0 Å². The summed E-state index contributed by atoms with van der Waals surface area (Å²) in [5.41, 5.74) is -1.17. The summed E-state index contributed by atoms with van der Waals surface area (Å²) in [4.78, 5) is 23.7. The predicted octanol–water partition coefficient (Wildman–Crippen LogP) is 2.56. The van der Waals surface area contributed by atoms with Gasteiger partial charge in [0.25, 0.3) is 0 Å². The second-order valence-electron chi connectivity index (χ2n) is 5.46. The Labute approximate surface area is 134 Å². The molecule has 0 radical (unpaired) electrons. The van der Waals surface area contributed by atoms with E-state index in [0.717, 1.165) is 6.07 Å². The molecule has 2 aliphatic heterocycles. The Morgan fingerprint density at radius 2 is 2.00 bits per heavy atom. The molecule has 0 spiro atoms. The van der Waals surface area contributed by atoms with Crippen LogP contribution in [0.25, 0.3) is 0 Å². The number of carbonyl (C=O) groups excluding carboxylic acids is 1. The SMILES string of the molecule is CC1=C(C(=O)O)C(c2ccccc2C(F)(F)F)C2=C(COC2=O)N1. The van der Waals surface area contributed by atoms with E-state index in [2.05, 4.69) is 5.32 Å². The first-order valence-corrected chi connectivity index (χ1v) is 6.99. The molecule has 0 bridgehead atoms. The molecule has 2 aliphatic rings. The van der Waals surface area contributed by atoms with E-state index in [4.69, 9.17) is 4.74 Å². The first kappa shape index (κ1) is 16.1. The summed E-state index contributed by atoms with van der Waals surface area (Å²) in [5, 5.41) is 12.2. The topological polar surface area (TPSA) is 75.6 Å². The molecule has 3 rings (SSSR count). The number of carboxylic acid groups (broad SMARTS) is 1. The molecule has 1 unspecified atom stereocenters. The Kier molecular flexibility index (Phi) is 3.62. The van der Waals surface area contributed by atoms with Crippen molar-refractivity contribution in [2.45, 2.75) is 19.0 Å². The van der Waals surface area contributed by atoms with Crippen LogP contribution < -0.4 is 5.32 Å². The van der Waals surface area contributed by atoms with Crippen molar-refractivity contribution >= 4 is 11.9 Å². The fourth-order valence-electron chi connectivity index (χ4n) is 3.07. The Balaban J connectivity index is 2.28. The van der Waals surface area contributed by atoms with Gasteiger partial charge in [0.1, 0.15) is 6.61 Å². The molecule has 0 saturated heterocycles. The number of nitrogens with one attached hydrogen (secondary N) is 1. The predicted molar refractivity (Wildman–Crippen MR) is 75.6 cm³/mol. The molecule has 126 valence electrons. The number of hydrogen-bond donors (Lipinski definition) is 2. The highest BCUT2D eigenvalue weighted by Crippen LogP contribution is 2.45. The maximum atomic E-state index is 13.4. The third-order valence-electron chi connectivity index (χ3n) is 4.02. The van der Waals surface area contributed by atoms with Crippen LogP contribution in [0.2, 0.25) is 0 Å². The van der Waals surface area contributed by atoms with E-state index in [1.165, 1.54) is 25.1 Å². The maximum Gasteiger partial charge on any atom is 0.416 e. The van der Waals surface area contributed by atoms with E-state index in [-0.39, 0.29) is 29.0 Å². The Hall–Kier alpha value is -2.77. The zero-order valence-corrected chi connectivity index (χ0v) is 12.4. The van der Waals surface area contributed by atoms with Gasteiger partial charge in [0.05, 0.1) is 28.3 Å². The van der Waals surface area contributed by atoms with Crippen LogP contribution in [0.15, 0.2) is 46.8 Å². The van der Waals surface area contributed by atoms with Gasteiger partial charge >= 0.3 is 18.1 Å². The van der Waals surface area contributed by atoms with E-state index in [9.17, 15) is 27.9 Å². The number of alkyl halides is 3. The van der Waals surface area contributed by atoms with Crippen LogP contribution in [0.3, 0.4) is 0 Å². The second kappa shape index (κ2) is 5.40.